The molecule has 0 aliphatic carbocycles. The molecular formula is C10H7BrF5NO2. The highest BCUT2D eigenvalue weighted by Crippen LogP contribution is 2.37. The molecule has 0 spiro atoms. The molecule has 0 amide bonds. The number of pyridine rings is 1. The molecule has 106 valence electrons. The number of alkyl halides is 5. The van der Waals surface area contributed by atoms with Crippen molar-refractivity contribution in [3.05, 3.63) is 27.5 Å². The van der Waals surface area contributed by atoms with Gasteiger partial charge in [0.05, 0.1) is 19.1 Å². The SMILES string of the molecule is COC(=O)Cc1c(C(F)(F)F)ncc(C(F)F)c1Br. The standard InChI is InChI=1S/C10H7BrF5NO2/c1-19-6(18)2-4-7(11)5(9(12)13)3-17-8(4)10(14,15)16/h3,9H,2H2,1H3. The molecule has 9 heteroatoms. The van der Waals surface area contributed by atoms with Crippen molar-refractivity contribution in [2.45, 2.75) is 19.0 Å². The van der Waals surface area contributed by atoms with E-state index >= 15 is 0 Å². The van der Waals surface area contributed by atoms with Gasteiger partial charge in [-0.2, -0.15) is 13.2 Å². The van der Waals surface area contributed by atoms with Crippen LogP contribution in [0.4, 0.5) is 22.0 Å². The maximum Gasteiger partial charge on any atom is 0.433 e. The van der Waals surface area contributed by atoms with E-state index in [-0.39, 0.29) is 0 Å². The van der Waals surface area contributed by atoms with Crippen molar-refractivity contribution in [1.82, 2.24) is 4.98 Å². The van der Waals surface area contributed by atoms with E-state index in [0.717, 1.165) is 7.11 Å². The molecule has 0 aliphatic heterocycles. The van der Waals surface area contributed by atoms with Crippen molar-refractivity contribution in [2.24, 2.45) is 0 Å². The summed E-state index contributed by atoms with van der Waals surface area (Å²) in [5.41, 5.74) is -2.78. The monoisotopic (exact) mass is 347 g/mol. The van der Waals surface area contributed by atoms with Crippen LogP contribution in [0.25, 0.3) is 0 Å². The Kier molecular flexibility index (Phi) is 4.83. The molecule has 19 heavy (non-hydrogen) atoms. The van der Waals surface area contributed by atoms with Crippen molar-refractivity contribution in [1.29, 1.82) is 0 Å². The Bertz CT molecular complexity index is 490. The molecule has 0 bridgehead atoms. The summed E-state index contributed by atoms with van der Waals surface area (Å²) >= 11 is 2.66. The van der Waals surface area contributed by atoms with Gasteiger partial charge < -0.3 is 4.74 Å². The van der Waals surface area contributed by atoms with Crippen LogP contribution in [-0.4, -0.2) is 18.1 Å². The molecule has 1 aromatic heterocycles. The van der Waals surface area contributed by atoms with Crippen molar-refractivity contribution in [2.75, 3.05) is 7.11 Å². The lowest BCUT2D eigenvalue weighted by Gasteiger charge is -2.15. The van der Waals surface area contributed by atoms with E-state index in [0.29, 0.717) is 6.20 Å². The molecule has 1 rings (SSSR count). The number of methoxy groups -OCH3 is 1. The molecular weight excluding hydrogens is 341 g/mol. The number of carbonyl (C=O) groups is 1. The van der Waals surface area contributed by atoms with Gasteiger partial charge in [-0.05, 0) is 15.9 Å². The number of carbonyl (C=O) groups excluding carboxylic acids is 1. The molecule has 1 aromatic rings. The van der Waals surface area contributed by atoms with Crippen LogP contribution in [-0.2, 0) is 22.1 Å². The molecule has 3 nitrogen and oxygen atoms in total. The van der Waals surface area contributed by atoms with Crippen LogP contribution in [0.15, 0.2) is 10.7 Å². The first kappa shape index (κ1) is 15.8. The van der Waals surface area contributed by atoms with Gasteiger partial charge in [-0.25, -0.2) is 8.78 Å². The summed E-state index contributed by atoms with van der Waals surface area (Å²) in [6, 6.07) is 0. The highest BCUT2D eigenvalue weighted by molar-refractivity contribution is 9.10. The Balaban J connectivity index is 3.42. The number of rotatable bonds is 3. The van der Waals surface area contributed by atoms with Gasteiger partial charge in [-0.3, -0.25) is 9.78 Å². The molecule has 1 heterocycles. The van der Waals surface area contributed by atoms with Crippen molar-refractivity contribution < 1.29 is 31.5 Å². The van der Waals surface area contributed by atoms with Gasteiger partial charge >= 0.3 is 12.1 Å². The second-order valence-electron chi connectivity index (χ2n) is 3.41. The summed E-state index contributed by atoms with van der Waals surface area (Å²) in [7, 11) is 0.980. The second-order valence-corrected chi connectivity index (χ2v) is 4.20. The minimum absolute atomic E-state index is 0.429. The van der Waals surface area contributed by atoms with Gasteiger partial charge in [0.15, 0.2) is 0 Å². The lowest BCUT2D eigenvalue weighted by Crippen LogP contribution is -2.17. The first-order valence-corrected chi connectivity index (χ1v) is 5.57. The topological polar surface area (TPSA) is 39.2 Å². The highest BCUT2D eigenvalue weighted by Gasteiger charge is 2.38. The first-order chi connectivity index (χ1) is 8.68. The van der Waals surface area contributed by atoms with E-state index in [1.807, 2.05) is 0 Å². The molecule has 0 radical (unpaired) electrons. The van der Waals surface area contributed by atoms with E-state index in [2.05, 4.69) is 25.7 Å². The number of ether oxygens (including phenoxy) is 1. The van der Waals surface area contributed by atoms with Crippen molar-refractivity contribution in [3.8, 4) is 0 Å². The predicted octanol–water partition coefficient (Wildman–Crippen LogP) is 3.52. The van der Waals surface area contributed by atoms with E-state index in [1.165, 1.54) is 0 Å². The number of esters is 1. The van der Waals surface area contributed by atoms with E-state index < -0.39 is 46.3 Å². The first-order valence-electron chi connectivity index (χ1n) is 4.78. The van der Waals surface area contributed by atoms with Crippen LogP contribution in [0.2, 0.25) is 0 Å². The average Bonchev–Trinajstić information content (AvgIpc) is 2.29. The van der Waals surface area contributed by atoms with Gasteiger partial charge in [0, 0.05) is 16.2 Å². The van der Waals surface area contributed by atoms with Crippen molar-refractivity contribution in [3.63, 3.8) is 0 Å². The second kappa shape index (κ2) is 5.81. The molecule has 0 unspecified atom stereocenters. The fourth-order valence-electron chi connectivity index (χ4n) is 1.32. The van der Waals surface area contributed by atoms with Gasteiger partial charge in [0.25, 0.3) is 6.43 Å². The van der Waals surface area contributed by atoms with Gasteiger partial charge in [0.2, 0.25) is 0 Å². The molecule has 0 aromatic carbocycles. The van der Waals surface area contributed by atoms with Crippen LogP contribution < -0.4 is 0 Å². The number of nitrogens with zero attached hydrogens (tertiary/aromatic N) is 1. The Hall–Kier alpha value is -1.25. The van der Waals surface area contributed by atoms with E-state index in [4.69, 9.17) is 0 Å². The molecule has 0 N–H and O–H groups in total. The normalized spacial score (nSPS) is 11.8. The van der Waals surface area contributed by atoms with E-state index in [9.17, 15) is 26.7 Å². The zero-order valence-corrected chi connectivity index (χ0v) is 11.0. The number of halogens is 6. The summed E-state index contributed by atoms with van der Waals surface area (Å²) in [4.78, 5) is 14.0. The Morgan fingerprint density at radius 1 is 1.47 bits per heavy atom. The lowest BCUT2D eigenvalue weighted by molar-refractivity contribution is -0.143. The third-order valence-corrected chi connectivity index (χ3v) is 3.13. The Labute approximate surface area is 112 Å². The largest absolute Gasteiger partial charge is 0.469 e. The zero-order chi connectivity index (χ0) is 14.8. The fourth-order valence-corrected chi connectivity index (χ4v) is 1.92. The zero-order valence-electron chi connectivity index (χ0n) is 9.39. The molecule has 0 aliphatic rings. The summed E-state index contributed by atoms with van der Waals surface area (Å²) in [6.45, 7) is 0. The lowest BCUT2D eigenvalue weighted by atomic mass is 10.1. The van der Waals surface area contributed by atoms with Gasteiger partial charge in [0.1, 0.15) is 5.69 Å². The summed E-state index contributed by atoms with van der Waals surface area (Å²) in [5, 5.41) is 0. The smallest absolute Gasteiger partial charge is 0.433 e. The number of hydrogen-bond donors (Lipinski definition) is 0. The quantitative estimate of drug-likeness (QED) is 0.620. The molecule has 0 atom stereocenters. The van der Waals surface area contributed by atoms with Crippen LogP contribution in [0, 0.1) is 0 Å². The summed E-state index contributed by atoms with van der Waals surface area (Å²) in [6.07, 6.45) is -8.25. The van der Waals surface area contributed by atoms with E-state index in [1.54, 1.807) is 0 Å². The van der Waals surface area contributed by atoms with Crippen LogP contribution >= 0.6 is 15.9 Å². The average molecular weight is 348 g/mol. The van der Waals surface area contributed by atoms with Crippen LogP contribution in [0.5, 0.6) is 0 Å². The van der Waals surface area contributed by atoms with Crippen LogP contribution in [0.3, 0.4) is 0 Å². The number of aromatic nitrogens is 1. The predicted molar refractivity (Wildman–Crippen MR) is 57.6 cm³/mol. The molecule has 0 fully saturated rings. The fraction of sp³-hybridized carbons (Fsp3) is 0.400. The maximum atomic E-state index is 12.7. The van der Waals surface area contributed by atoms with Gasteiger partial charge in [-0.15, -0.1) is 0 Å². The van der Waals surface area contributed by atoms with Crippen molar-refractivity contribution >= 4 is 21.9 Å². The third kappa shape index (κ3) is 3.62. The third-order valence-electron chi connectivity index (χ3n) is 2.19. The minimum Gasteiger partial charge on any atom is -0.469 e. The molecule has 0 saturated carbocycles. The highest BCUT2D eigenvalue weighted by atomic mass is 79.9. The minimum atomic E-state index is -4.85. The maximum absolute atomic E-state index is 12.7. The summed E-state index contributed by atoms with van der Waals surface area (Å²) in [5.74, 6) is -0.987. The Morgan fingerprint density at radius 2 is 2.05 bits per heavy atom. The Morgan fingerprint density at radius 3 is 2.47 bits per heavy atom. The molecule has 0 saturated heterocycles. The van der Waals surface area contributed by atoms with Gasteiger partial charge in [-0.1, -0.05) is 0 Å². The number of hydrogen-bond acceptors (Lipinski definition) is 3. The summed E-state index contributed by atoms with van der Waals surface area (Å²) < 4.78 is 67.0. The van der Waals surface area contributed by atoms with Crippen LogP contribution in [0.1, 0.15) is 23.2 Å².